The van der Waals surface area contributed by atoms with E-state index in [-0.39, 0.29) is 12.0 Å². The molecule has 0 aliphatic heterocycles. The Labute approximate surface area is 107 Å². The Morgan fingerprint density at radius 3 is 2.83 bits per heavy atom. The topological polar surface area (TPSA) is 65.4 Å². The van der Waals surface area contributed by atoms with Crippen LogP contribution in [0.5, 0.6) is 0 Å². The first kappa shape index (κ1) is 12.1. The Bertz CT molecular complexity index is 394. The summed E-state index contributed by atoms with van der Waals surface area (Å²) >= 11 is 0. The second kappa shape index (κ2) is 4.96. The Kier molecular flexibility index (Phi) is 3.33. The molecule has 4 atom stereocenters. The average Bonchev–Trinajstić information content (AvgIpc) is 3.18. The molecular formula is C14H20N2O2. The van der Waals surface area contributed by atoms with Crippen molar-refractivity contribution in [3.05, 3.63) is 30.1 Å². The molecule has 0 saturated heterocycles. The maximum atomic E-state index is 10.1. The summed E-state index contributed by atoms with van der Waals surface area (Å²) in [6.07, 6.45) is 5.46. The van der Waals surface area contributed by atoms with Gasteiger partial charge in [0.25, 0.3) is 0 Å². The van der Waals surface area contributed by atoms with Gasteiger partial charge in [0.1, 0.15) is 0 Å². The number of aliphatic hydroxyl groups is 2. The quantitative estimate of drug-likeness (QED) is 0.732. The van der Waals surface area contributed by atoms with Crippen molar-refractivity contribution >= 4 is 0 Å². The molecule has 1 aromatic rings. The first-order valence-electron chi connectivity index (χ1n) is 6.75. The standard InChI is InChI=1S/C14H20N2O2/c17-12-6-11(10-2-1-5-15-8-10)13(14(12)18)16-7-9-3-4-9/h1-2,5,8-9,11-14,16-18H,3-4,6-7H2/t11-,12-,13-,14-/m1/s1. The van der Waals surface area contributed by atoms with E-state index in [2.05, 4.69) is 10.3 Å². The van der Waals surface area contributed by atoms with Crippen LogP contribution in [0.15, 0.2) is 24.5 Å². The first-order valence-corrected chi connectivity index (χ1v) is 6.75. The van der Waals surface area contributed by atoms with Crippen molar-refractivity contribution in [1.29, 1.82) is 0 Å². The second-order valence-electron chi connectivity index (χ2n) is 5.56. The van der Waals surface area contributed by atoms with E-state index < -0.39 is 12.2 Å². The van der Waals surface area contributed by atoms with Crippen molar-refractivity contribution < 1.29 is 10.2 Å². The lowest BCUT2D eigenvalue weighted by atomic mass is 9.95. The Hall–Kier alpha value is -0.970. The highest BCUT2D eigenvalue weighted by Crippen LogP contribution is 2.36. The molecule has 3 rings (SSSR count). The number of hydrogen-bond acceptors (Lipinski definition) is 4. The van der Waals surface area contributed by atoms with Gasteiger partial charge in [-0.15, -0.1) is 0 Å². The van der Waals surface area contributed by atoms with Crippen LogP contribution in [0.2, 0.25) is 0 Å². The molecule has 2 aliphatic carbocycles. The van der Waals surface area contributed by atoms with Crippen LogP contribution in [0.1, 0.15) is 30.7 Å². The molecule has 2 fully saturated rings. The number of aromatic nitrogens is 1. The van der Waals surface area contributed by atoms with Crippen molar-refractivity contribution in [2.24, 2.45) is 5.92 Å². The molecule has 4 nitrogen and oxygen atoms in total. The molecule has 0 unspecified atom stereocenters. The molecular weight excluding hydrogens is 228 g/mol. The molecule has 0 spiro atoms. The van der Waals surface area contributed by atoms with Gasteiger partial charge in [-0.1, -0.05) is 6.07 Å². The normalized spacial score (nSPS) is 35.9. The Balaban J connectivity index is 1.73. The van der Waals surface area contributed by atoms with E-state index in [1.54, 1.807) is 6.20 Å². The van der Waals surface area contributed by atoms with Gasteiger partial charge in [-0.05, 0) is 43.4 Å². The van der Waals surface area contributed by atoms with E-state index >= 15 is 0 Å². The summed E-state index contributed by atoms with van der Waals surface area (Å²) in [7, 11) is 0. The molecule has 3 N–H and O–H groups in total. The van der Waals surface area contributed by atoms with Crippen molar-refractivity contribution in [2.45, 2.75) is 43.4 Å². The molecule has 0 bridgehead atoms. The first-order chi connectivity index (χ1) is 8.75. The van der Waals surface area contributed by atoms with Crippen molar-refractivity contribution in [3.63, 3.8) is 0 Å². The number of rotatable bonds is 4. The van der Waals surface area contributed by atoms with E-state index in [9.17, 15) is 10.2 Å². The summed E-state index contributed by atoms with van der Waals surface area (Å²) in [6.45, 7) is 0.950. The van der Waals surface area contributed by atoms with Gasteiger partial charge in [0.05, 0.1) is 12.2 Å². The van der Waals surface area contributed by atoms with Gasteiger partial charge in [-0.25, -0.2) is 0 Å². The molecule has 1 aromatic heterocycles. The fraction of sp³-hybridized carbons (Fsp3) is 0.643. The van der Waals surface area contributed by atoms with E-state index in [1.165, 1.54) is 12.8 Å². The average molecular weight is 248 g/mol. The van der Waals surface area contributed by atoms with E-state index in [0.717, 1.165) is 18.0 Å². The highest BCUT2D eigenvalue weighted by molar-refractivity contribution is 5.21. The molecule has 0 radical (unpaired) electrons. The zero-order valence-electron chi connectivity index (χ0n) is 10.4. The Morgan fingerprint density at radius 1 is 1.33 bits per heavy atom. The van der Waals surface area contributed by atoms with Gasteiger partial charge in [0, 0.05) is 24.4 Å². The molecule has 4 heteroatoms. The van der Waals surface area contributed by atoms with Gasteiger partial charge in [-0.2, -0.15) is 0 Å². The maximum absolute atomic E-state index is 10.1. The van der Waals surface area contributed by atoms with Crippen LogP contribution in [-0.2, 0) is 0 Å². The third-order valence-corrected chi connectivity index (χ3v) is 4.14. The van der Waals surface area contributed by atoms with Crippen LogP contribution >= 0.6 is 0 Å². The fourth-order valence-corrected chi connectivity index (χ4v) is 2.85. The number of pyridine rings is 1. The zero-order chi connectivity index (χ0) is 12.5. The van der Waals surface area contributed by atoms with Gasteiger partial charge >= 0.3 is 0 Å². The molecule has 18 heavy (non-hydrogen) atoms. The van der Waals surface area contributed by atoms with Gasteiger partial charge in [-0.3, -0.25) is 4.98 Å². The highest BCUT2D eigenvalue weighted by atomic mass is 16.3. The number of hydrogen-bond donors (Lipinski definition) is 3. The molecule has 2 aliphatic rings. The van der Waals surface area contributed by atoms with Crippen LogP contribution in [-0.4, -0.2) is 40.0 Å². The summed E-state index contributed by atoms with van der Waals surface area (Å²) < 4.78 is 0. The second-order valence-corrected chi connectivity index (χ2v) is 5.56. The van der Waals surface area contributed by atoms with Gasteiger partial charge < -0.3 is 15.5 Å². The van der Waals surface area contributed by atoms with E-state index in [1.807, 2.05) is 18.3 Å². The van der Waals surface area contributed by atoms with Crippen LogP contribution < -0.4 is 5.32 Å². The SMILES string of the molecule is O[C@H]1[C@H](NCC2CC2)[C@@H](c2cccnc2)C[C@H]1O. The third-order valence-electron chi connectivity index (χ3n) is 4.14. The van der Waals surface area contributed by atoms with Crippen molar-refractivity contribution in [3.8, 4) is 0 Å². The largest absolute Gasteiger partial charge is 0.390 e. The third kappa shape index (κ3) is 2.41. The fourth-order valence-electron chi connectivity index (χ4n) is 2.85. The van der Waals surface area contributed by atoms with Gasteiger partial charge in [0.15, 0.2) is 0 Å². The highest BCUT2D eigenvalue weighted by Gasteiger charge is 2.42. The maximum Gasteiger partial charge on any atom is 0.0957 e. The summed E-state index contributed by atoms with van der Waals surface area (Å²) in [6, 6.07) is 3.88. The van der Waals surface area contributed by atoms with Crippen molar-refractivity contribution in [1.82, 2.24) is 10.3 Å². The number of nitrogens with zero attached hydrogens (tertiary/aromatic N) is 1. The van der Waals surface area contributed by atoms with E-state index in [4.69, 9.17) is 0 Å². The summed E-state index contributed by atoms with van der Waals surface area (Å²) in [5.41, 5.74) is 1.10. The molecule has 0 amide bonds. The number of nitrogens with one attached hydrogen (secondary N) is 1. The molecule has 98 valence electrons. The lowest BCUT2D eigenvalue weighted by Crippen LogP contribution is -2.43. The zero-order valence-corrected chi connectivity index (χ0v) is 10.4. The molecule has 2 saturated carbocycles. The molecule has 0 aromatic carbocycles. The molecule has 1 heterocycles. The van der Waals surface area contributed by atoms with E-state index in [0.29, 0.717) is 6.42 Å². The minimum Gasteiger partial charge on any atom is -0.390 e. The predicted molar refractivity (Wildman–Crippen MR) is 68.1 cm³/mol. The van der Waals surface area contributed by atoms with Crippen molar-refractivity contribution in [2.75, 3.05) is 6.54 Å². The summed E-state index contributed by atoms with van der Waals surface area (Å²) in [5, 5.41) is 23.4. The monoisotopic (exact) mass is 248 g/mol. The van der Waals surface area contributed by atoms with Crippen LogP contribution in [0, 0.1) is 5.92 Å². The lowest BCUT2D eigenvalue weighted by molar-refractivity contribution is 0.0299. The smallest absolute Gasteiger partial charge is 0.0957 e. The Morgan fingerprint density at radius 2 is 2.17 bits per heavy atom. The van der Waals surface area contributed by atoms with Gasteiger partial charge in [0.2, 0.25) is 0 Å². The van der Waals surface area contributed by atoms with Crippen LogP contribution in [0.4, 0.5) is 0 Å². The summed E-state index contributed by atoms with van der Waals surface area (Å²) in [4.78, 5) is 4.13. The lowest BCUT2D eigenvalue weighted by Gasteiger charge is -2.23. The predicted octanol–water partition coefficient (Wildman–Crippen LogP) is 0.659. The summed E-state index contributed by atoms with van der Waals surface area (Å²) in [5.74, 6) is 0.923. The van der Waals surface area contributed by atoms with Crippen LogP contribution in [0.3, 0.4) is 0 Å². The minimum atomic E-state index is -0.672. The van der Waals surface area contributed by atoms with Crippen LogP contribution in [0.25, 0.3) is 0 Å². The minimum absolute atomic E-state index is 0.0511. The number of aliphatic hydroxyl groups excluding tert-OH is 2.